The van der Waals surface area contributed by atoms with Crippen LogP contribution in [0.4, 0.5) is 0 Å². The molecule has 0 rings (SSSR count). The van der Waals surface area contributed by atoms with E-state index in [1.165, 1.54) is 0 Å². The van der Waals surface area contributed by atoms with E-state index >= 15 is 0 Å². The highest BCUT2D eigenvalue weighted by atomic mass is 16.5. The molecule has 0 aromatic heterocycles. The minimum Gasteiger partial charge on any atom is -0.379 e. The molecular formula is C7H18N2O. The van der Waals surface area contributed by atoms with E-state index in [1.807, 2.05) is 20.8 Å². The maximum absolute atomic E-state index is 5.23. The highest BCUT2D eigenvalue weighted by Crippen LogP contribution is 2.14. The Hall–Kier alpha value is -0.120. The lowest BCUT2D eigenvalue weighted by atomic mass is 10.0. The van der Waals surface area contributed by atoms with Crippen molar-refractivity contribution < 1.29 is 4.74 Å². The summed E-state index contributed by atoms with van der Waals surface area (Å²) in [6, 6.07) is 0.301. The van der Waals surface area contributed by atoms with Gasteiger partial charge in [0.05, 0.1) is 5.60 Å². The van der Waals surface area contributed by atoms with Gasteiger partial charge in [-0.15, -0.1) is 0 Å². The maximum Gasteiger partial charge on any atom is 0.0638 e. The van der Waals surface area contributed by atoms with Crippen LogP contribution < -0.4 is 11.3 Å². The number of nitrogens with two attached hydrogens (primary N) is 1. The smallest absolute Gasteiger partial charge is 0.0638 e. The molecule has 0 spiro atoms. The quantitative estimate of drug-likeness (QED) is 0.452. The number of hydrazine groups is 1. The summed E-state index contributed by atoms with van der Waals surface area (Å²) in [7, 11) is 1.71. The second-order valence-electron chi connectivity index (χ2n) is 3.24. The van der Waals surface area contributed by atoms with E-state index in [0.29, 0.717) is 6.04 Å². The lowest BCUT2D eigenvalue weighted by Gasteiger charge is -2.25. The van der Waals surface area contributed by atoms with E-state index in [9.17, 15) is 0 Å². The van der Waals surface area contributed by atoms with Crippen molar-refractivity contribution in [2.75, 3.05) is 7.11 Å². The highest BCUT2D eigenvalue weighted by molar-refractivity contribution is 4.73. The molecule has 0 aromatic rings. The zero-order valence-corrected chi connectivity index (χ0v) is 7.27. The molecule has 10 heavy (non-hydrogen) atoms. The average Bonchev–Trinajstić information content (AvgIpc) is 1.87. The summed E-state index contributed by atoms with van der Waals surface area (Å²) in [5.41, 5.74) is 2.60. The Morgan fingerprint density at radius 1 is 1.60 bits per heavy atom. The lowest BCUT2D eigenvalue weighted by molar-refractivity contribution is 0.00859. The molecule has 0 aliphatic rings. The summed E-state index contributed by atoms with van der Waals surface area (Å²) in [5, 5.41) is 0. The molecule has 0 aliphatic carbocycles. The van der Waals surface area contributed by atoms with E-state index in [4.69, 9.17) is 10.6 Å². The van der Waals surface area contributed by atoms with Gasteiger partial charge in [-0.05, 0) is 27.2 Å². The summed E-state index contributed by atoms with van der Waals surface area (Å²) in [5.74, 6) is 5.23. The SMILES string of the molecule is COC(C)(C)C[C@@H](C)NN. The first-order chi connectivity index (χ1) is 4.52. The van der Waals surface area contributed by atoms with Gasteiger partial charge < -0.3 is 4.74 Å². The highest BCUT2D eigenvalue weighted by Gasteiger charge is 2.18. The molecule has 0 unspecified atom stereocenters. The van der Waals surface area contributed by atoms with Gasteiger partial charge in [-0.2, -0.15) is 0 Å². The summed E-state index contributed by atoms with van der Waals surface area (Å²) in [4.78, 5) is 0. The molecule has 62 valence electrons. The van der Waals surface area contributed by atoms with Crippen LogP contribution in [-0.2, 0) is 4.74 Å². The van der Waals surface area contributed by atoms with Gasteiger partial charge in [-0.3, -0.25) is 11.3 Å². The summed E-state index contributed by atoms with van der Waals surface area (Å²) >= 11 is 0. The number of nitrogens with one attached hydrogen (secondary N) is 1. The van der Waals surface area contributed by atoms with Gasteiger partial charge in [0.1, 0.15) is 0 Å². The van der Waals surface area contributed by atoms with Crippen molar-refractivity contribution in [2.45, 2.75) is 38.8 Å². The van der Waals surface area contributed by atoms with Gasteiger partial charge in [0.2, 0.25) is 0 Å². The molecule has 0 heterocycles. The fraction of sp³-hybridized carbons (Fsp3) is 1.00. The Kier molecular flexibility index (Phi) is 3.86. The minimum absolute atomic E-state index is 0.0776. The first kappa shape index (κ1) is 9.88. The van der Waals surface area contributed by atoms with Gasteiger partial charge in [0.25, 0.3) is 0 Å². The molecule has 3 nitrogen and oxygen atoms in total. The number of methoxy groups -OCH3 is 1. The Morgan fingerprint density at radius 2 is 2.10 bits per heavy atom. The third kappa shape index (κ3) is 3.82. The molecule has 3 N–H and O–H groups in total. The zero-order chi connectivity index (χ0) is 8.20. The summed E-state index contributed by atoms with van der Waals surface area (Å²) in [6.07, 6.45) is 0.917. The van der Waals surface area contributed by atoms with Crippen LogP contribution in [0.1, 0.15) is 27.2 Å². The van der Waals surface area contributed by atoms with Crippen LogP contribution in [-0.4, -0.2) is 18.8 Å². The van der Waals surface area contributed by atoms with Crippen molar-refractivity contribution in [1.82, 2.24) is 5.43 Å². The Balaban J connectivity index is 3.64. The van der Waals surface area contributed by atoms with Crippen LogP contribution in [0, 0.1) is 0 Å². The number of rotatable bonds is 4. The fourth-order valence-corrected chi connectivity index (χ4v) is 0.880. The second kappa shape index (κ2) is 3.91. The number of ether oxygens (including phenoxy) is 1. The van der Waals surface area contributed by atoms with Gasteiger partial charge in [-0.25, -0.2) is 0 Å². The summed E-state index contributed by atoms with van der Waals surface area (Å²) < 4.78 is 5.21. The largest absolute Gasteiger partial charge is 0.379 e. The number of hydrogen-bond acceptors (Lipinski definition) is 3. The topological polar surface area (TPSA) is 47.3 Å². The molecular weight excluding hydrogens is 128 g/mol. The molecule has 0 amide bonds. The van der Waals surface area contributed by atoms with E-state index in [1.54, 1.807) is 7.11 Å². The molecule has 0 aliphatic heterocycles. The molecule has 0 bridgehead atoms. The molecule has 0 aromatic carbocycles. The van der Waals surface area contributed by atoms with Crippen molar-refractivity contribution in [2.24, 2.45) is 5.84 Å². The molecule has 0 radical (unpaired) electrons. The van der Waals surface area contributed by atoms with Crippen LogP contribution in [0.2, 0.25) is 0 Å². The van der Waals surface area contributed by atoms with Crippen molar-refractivity contribution >= 4 is 0 Å². The van der Waals surface area contributed by atoms with E-state index in [-0.39, 0.29) is 5.60 Å². The molecule has 0 saturated carbocycles. The van der Waals surface area contributed by atoms with Gasteiger partial charge >= 0.3 is 0 Å². The van der Waals surface area contributed by atoms with E-state index < -0.39 is 0 Å². The second-order valence-corrected chi connectivity index (χ2v) is 3.24. The summed E-state index contributed by atoms with van der Waals surface area (Å²) in [6.45, 7) is 6.11. The maximum atomic E-state index is 5.23. The van der Waals surface area contributed by atoms with Crippen LogP contribution in [0.5, 0.6) is 0 Å². The zero-order valence-electron chi connectivity index (χ0n) is 7.27. The average molecular weight is 146 g/mol. The van der Waals surface area contributed by atoms with Gasteiger partial charge in [0, 0.05) is 13.2 Å². The monoisotopic (exact) mass is 146 g/mol. The Morgan fingerprint density at radius 3 is 2.40 bits per heavy atom. The number of hydrogen-bond donors (Lipinski definition) is 2. The minimum atomic E-state index is -0.0776. The molecule has 1 atom stereocenters. The van der Waals surface area contributed by atoms with E-state index in [2.05, 4.69) is 5.43 Å². The first-order valence-corrected chi connectivity index (χ1v) is 3.53. The first-order valence-electron chi connectivity index (χ1n) is 3.53. The third-order valence-corrected chi connectivity index (χ3v) is 1.63. The van der Waals surface area contributed by atoms with Crippen LogP contribution in [0.25, 0.3) is 0 Å². The predicted octanol–water partition coefficient (Wildman–Crippen LogP) is 0.653. The fourth-order valence-electron chi connectivity index (χ4n) is 0.880. The van der Waals surface area contributed by atoms with Crippen LogP contribution >= 0.6 is 0 Å². The Bertz CT molecular complexity index is 93.6. The predicted molar refractivity (Wildman–Crippen MR) is 42.5 cm³/mol. The standard InChI is InChI=1S/C7H18N2O/c1-6(9-8)5-7(2,3)10-4/h6,9H,5,8H2,1-4H3/t6-/m1/s1. The van der Waals surface area contributed by atoms with Gasteiger partial charge in [-0.1, -0.05) is 0 Å². The van der Waals surface area contributed by atoms with Crippen molar-refractivity contribution in [1.29, 1.82) is 0 Å². The normalized spacial score (nSPS) is 15.3. The van der Waals surface area contributed by atoms with Crippen molar-refractivity contribution in [3.05, 3.63) is 0 Å². The van der Waals surface area contributed by atoms with Gasteiger partial charge in [0.15, 0.2) is 0 Å². The van der Waals surface area contributed by atoms with Crippen molar-refractivity contribution in [3.8, 4) is 0 Å². The third-order valence-electron chi connectivity index (χ3n) is 1.63. The molecule has 0 fully saturated rings. The lowest BCUT2D eigenvalue weighted by Crippen LogP contribution is -2.39. The van der Waals surface area contributed by atoms with Crippen molar-refractivity contribution in [3.63, 3.8) is 0 Å². The van der Waals surface area contributed by atoms with E-state index in [0.717, 1.165) is 6.42 Å². The Labute approximate surface area is 62.9 Å². The van der Waals surface area contributed by atoms with Crippen LogP contribution in [0.3, 0.4) is 0 Å². The molecule has 3 heteroatoms. The van der Waals surface area contributed by atoms with Crippen LogP contribution in [0.15, 0.2) is 0 Å². The molecule has 0 saturated heterocycles.